The number of nitrogen functional groups attached to an aromatic ring is 1. The fourth-order valence-corrected chi connectivity index (χ4v) is 1.77. The highest BCUT2D eigenvalue weighted by molar-refractivity contribution is 9.10. The molecule has 0 atom stereocenters. The number of carboxylic acid groups (broad SMARTS) is 1. The Morgan fingerprint density at radius 2 is 2.11 bits per heavy atom. The molecule has 0 unspecified atom stereocenters. The zero-order chi connectivity index (χ0) is 13.8. The lowest BCUT2D eigenvalue weighted by Gasteiger charge is -2.06. The Hall–Kier alpha value is -2.02. The van der Waals surface area contributed by atoms with Crippen LogP contribution in [0, 0.1) is 0 Å². The summed E-state index contributed by atoms with van der Waals surface area (Å²) >= 11 is 3.34. The Balaban J connectivity index is 1.90. The molecule has 7 heteroatoms. The largest absolute Gasteiger partial charge is 0.492 e. The molecule has 2 rings (SSSR count). The van der Waals surface area contributed by atoms with Crippen LogP contribution in [0.15, 0.2) is 34.9 Å². The Morgan fingerprint density at radius 1 is 1.42 bits per heavy atom. The van der Waals surface area contributed by atoms with Gasteiger partial charge in [-0.05, 0) is 24.3 Å². The number of ether oxygens (including phenoxy) is 1. The van der Waals surface area contributed by atoms with Gasteiger partial charge in [-0.2, -0.15) is 5.10 Å². The van der Waals surface area contributed by atoms with Crippen molar-refractivity contribution in [3.05, 3.63) is 40.6 Å². The average molecular weight is 326 g/mol. The third-order valence-electron chi connectivity index (χ3n) is 2.40. The van der Waals surface area contributed by atoms with Gasteiger partial charge in [-0.3, -0.25) is 4.68 Å². The van der Waals surface area contributed by atoms with Crippen molar-refractivity contribution in [3.63, 3.8) is 0 Å². The predicted molar refractivity (Wildman–Crippen MR) is 73.2 cm³/mol. The molecule has 0 amide bonds. The Bertz CT molecular complexity index is 580. The number of nitrogens with two attached hydrogens (primary N) is 1. The average Bonchev–Trinajstić information content (AvgIpc) is 2.73. The quantitative estimate of drug-likeness (QED) is 0.877. The minimum absolute atomic E-state index is 0.136. The van der Waals surface area contributed by atoms with Gasteiger partial charge in [-0.1, -0.05) is 15.9 Å². The van der Waals surface area contributed by atoms with E-state index in [0.717, 1.165) is 10.2 Å². The van der Waals surface area contributed by atoms with Crippen molar-refractivity contribution in [1.29, 1.82) is 0 Å². The maximum Gasteiger partial charge on any atom is 0.358 e. The van der Waals surface area contributed by atoms with Gasteiger partial charge in [0.05, 0.1) is 12.2 Å². The number of carboxylic acids is 1. The van der Waals surface area contributed by atoms with Gasteiger partial charge in [-0.15, -0.1) is 0 Å². The number of rotatable bonds is 5. The van der Waals surface area contributed by atoms with Crippen LogP contribution in [-0.2, 0) is 6.54 Å². The molecule has 0 saturated carbocycles. The van der Waals surface area contributed by atoms with E-state index >= 15 is 0 Å². The topological polar surface area (TPSA) is 90.4 Å². The summed E-state index contributed by atoms with van der Waals surface area (Å²) in [5.74, 6) is -0.396. The summed E-state index contributed by atoms with van der Waals surface area (Å²) in [6.07, 6.45) is 1.48. The highest BCUT2D eigenvalue weighted by atomic mass is 79.9. The molecule has 19 heavy (non-hydrogen) atoms. The summed E-state index contributed by atoms with van der Waals surface area (Å²) in [7, 11) is 0. The molecule has 100 valence electrons. The van der Waals surface area contributed by atoms with Gasteiger partial charge >= 0.3 is 5.97 Å². The molecule has 1 heterocycles. The number of halogens is 1. The standard InChI is InChI=1S/C12H12BrN3O3/c13-8-1-3-9(4-2-8)19-6-5-16-7-10(14)11(15-16)12(17)18/h1-4,7H,5-6,14H2,(H,17,18). The van der Waals surface area contributed by atoms with E-state index in [1.54, 1.807) is 0 Å². The summed E-state index contributed by atoms with van der Waals surface area (Å²) in [6, 6.07) is 7.43. The number of anilines is 1. The van der Waals surface area contributed by atoms with Crippen molar-refractivity contribution in [1.82, 2.24) is 9.78 Å². The number of nitrogens with zero attached hydrogens (tertiary/aromatic N) is 2. The van der Waals surface area contributed by atoms with E-state index in [1.807, 2.05) is 24.3 Å². The van der Waals surface area contributed by atoms with Crippen LogP contribution in [-0.4, -0.2) is 27.5 Å². The summed E-state index contributed by atoms with van der Waals surface area (Å²) in [5, 5.41) is 12.7. The highest BCUT2D eigenvalue weighted by Crippen LogP contribution is 2.16. The molecule has 0 bridgehead atoms. The van der Waals surface area contributed by atoms with Crippen molar-refractivity contribution in [2.75, 3.05) is 12.3 Å². The summed E-state index contributed by atoms with van der Waals surface area (Å²) in [6.45, 7) is 0.801. The third kappa shape index (κ3) is 3.47. The van der Waals surface area contributed by atoms with Crippen molar-refractivity contribution < 1.29 is 14.6 Å². The normalized spacial score (nSPS) is 10.4. The fraction of sp³-hybridized carbons (Fsp3) is 0.167. The van der Waals surface area contributed by atoms with Gasteiger partial charge < -0.3 is 15.6 Å². The molecular weight excluding hydrogens is 314 g/mol. The minimum atomic E-state index is -1.13. The first-order valence-electron chi connectivity index (χ1n) is 5.51. The van der Waals surface area contributed by atoms with Crippen LogP contribution in [0.1, 0.15) is 10.5 Å². The molecule has 0 aliphatic rings. The molecule has 3 N–H and O–H groups in total. The zero-order valence-corrected chi connectivity index (χ0v) is 11.5. The number of hydrogen-bond donors (Lipinski definition) is 2. The fourth-order valence-electron chi connectivity index (χ4n) is 1.51. The SMILES string of the molecule is Nc1cn(CCOc2ccc(Br)cc2)nc1C(=O)O. The van der Waals surface area contributed by atoms with Crippen LogP contribution in [0.3, 0.4) is 0 Å². The van der Waals surface area contributed by atoms with Gasteiger partial charge in [0.2, 0.25) is 0 Å². The van der Waals surface area contributed by atoms with Crippen LogP contribution >= 0.6 is 15.9 Å². The molecule has 0 saturated heterocycles. The van der Waals surface area contributed by atoms with E-state index in [1.165, 1.54) is 10.9 Å². The van der Waals surface area contributed by atoms with Gasteiger partial charge in [0, 0.05) is 10.7 Å². The number of carbonyl (C=O) groups is 1. The maximum absolute atomic E-state index is 10.8. The molecule has 1 aromatic heterocycles. The van der Waals surface area contributed by atoms with Crippen LogP contribution in [0.2, 0.25) is 0 Å². The number of aromatic carboxylic acids is 1. The van der Waals surface area contributed by atoms with Gasteiger partial charge in [-0.25, -0.2) is 4.79 Å². The summed E-state index contributed by atoms with van der Waals surface area (Å²) in [5.41, 5.74) is 5.55. The zero-order valence-electron chi connectivity index (χ0n) is 9.91. The van der Waals surface area contributed by atoms with E-state index in [2.05, 4.69) is 21.0 Å². The Kier molecular flexibility index (Phi) is 4.06. The van der Waals surface area contributed by atoms with Gasteiger partial charge in [0.25, 0.3) is 0 Å². The Labute approximate surface area is 117 Å². The van der Waals surface area contributed by atoms with Crippen LogP contribution < -0.4 is 10.5 Å². The van der Waals surface area contributed by atoms with Crippen LogP contribution in [0.4, 0.5) is 5.69 Å². The summed E-state index contributed by atoms with van der Waals surface area (Å²) in [4.78, 5) is 10.8. The number of benzene rings is 1. The van der Waals surface area contributed by atoms with E-state index in [9.17, 15) is 4.79 Å². The summed E-state index contributed by atoms with van der Waals surface area (Å²) < 4.78 is 7.94. The van der Waals surface area contributed by atoms with Crippen molar-refractivity contribution in [3.8, 4) is 5.75 Å². The number of hydrogen-bond acceptors (Lipinski definition) is 4. The first-order valence-corrected chi connectivity index (χ1v) is 6.30. The second-order valence-electron chi connectivity index (χ2n) is 3.80. The third-order valence-corrected chi connectivity index (χ3v) is 2.92. The molecule has 6 nitrogen and oxygen atoms in total. The molecule has 1 aromatic carbocycles. The highest BCUT2D eigenvalue weighted by Gasteiger charge is 2.12. The smallest absolute Gasteiger partial charge is 0.358 e. The lowest BCUT2D eigenvalue weighted by atomic mass is 10.3. The molecule has 0 fully saturated rings. The van der Waals surface area contributed by atoms with E-state index in [-0.39, 0.29) is 11.4 Å². The van der Waals surface area contributed by atoms with Crippen molar-refractivity contribution in [2.24, 2.45) is 0 Å². The monoisotopic (exact) mass is 325 g/mol. The molecule has 0 spiro atoms. The van der Waals surface area contributed by atoms with Gasteiger partial charge in [0.1, 0.15) is 12.4 Å². The van der Waals surface area contributed by atoms with Crippen LogP contribution in [0.5, 0.6) is 5.75 Å². The van der Waals surface area contributed by atoms with Gasteiger partial charge in [0.15, 0.2) is 5.69 Å². The second-order valence-corrected chi connectivity index (χ2v) is 4.72. The second kappa shape index (κ2) is 5.75. The first-order chi connectivity index (χ1) is 9.06. The minimum Gasteiger partial charge on any atom is -0.492 e. The van der Waals surface area contributed by atoms with Crippen LogP contribution in [0.25, 0.3) is 0 Å². The molecule has 0 aliphatic carbocycles. The lowest BCUT2D eigenvalue weighted by Crippen LogP contribution is -2.09. The predicted octanol–water partition coefficient (Wildman–Crippen LogP) is 2.00. The first kappa shape index (κ1) is 13.4. The van der Waals surface area contributed by atoms with E-state index < -0.39 is 5.97 Å². The molecule has 0 radical (unpaired) electrons. The van der Waals surface area contributed by atoms with E-state index in [4.69, 9.17) is 15.6 Å². The van der Waals surface area contributed by atoms with E-state index in [0.29, 0.717) is 13.2 Å². The van der Waals surface area contributed by atoms with Crippen molar-refractivity contribution in [2.45, 2.75) is 6.54 Å². The van der Waals surface area contributed by atoms with Crippen molar-refractivity contribution >= 4 is 27.6 Å². The molecule has 0 aliphatic heterocycles. The maximum atomic E-state index is 10.8. The number of aromatic nitrogens is 2. The lowest BCUT2D eigenvalue weighted by molar-refractivity contribution is 0.0690. The molecular formula is C12H12BrN3O3. The molecule has 2 aromatic rings. The Morgan fingerprint density at radius 3 is 2.68 bits per heavy atom.